The van der Waals surface area contributed by atoms with Crippen molar-refractivity contribution >= 4 is 5.65 Å². The molecule has 1 unspecified atom stereocenters. The zero-order valence-corrected chi connectivity index (χ0v) is 11.5. The molecule has 0 amide bonds. The number of aromatic nitrogens is 2. The summed E-state index contributed by atoms with van der Waals surface area (Å²) < 4.78 is 2.21. The van der Waals surface area contributed by atoms with Crippen molar-refractivity contribution in [1.82, 2.24) is 9.38 Å². The summed E-state index contributed by atoms with van der Waals surface area (Å²) in [7, 11) is 0. The lowest BCUT2D eigenvalue weighted by Crippen LogP contribution is -2.09. The SMILES string of the molecule is CC1Cc2c(nc3cc(CN)ccn23)-c2ccccc21. The van der Waals surface area contributed by atoms with Crippen molar-refractivity contribution in [3.8, 4) is 11.3 Å². The van der Waals surface area contributed by atoms with Crippen LogP contribution in [0.15, 0.2) is 42.6 Å². The Morgan fingerprint density at radius 3 is 3.00 bits per heavy atom. The molecule has 3 nitrogen and oxygen atoms in total. The van der Waals surface area contributed by atoms with Crippen molar-refractivity contribution in [2.75, 3.05) is 0 Å². The van der Waals surface area contributed by atoms with Crippen LogP contribution in [0.1, 0.15) is 29.7 Å². The van der Waals surface area contributed by atoms with Gasteiger partial charge in [0.1, 0.15) is 5.65 Å². The third-order valence-electron chi connectivity index (χ3n) is 4.27. The summed E-state index contributed by atoms with van der Waals surface area (Å²) >= 11 is 0. The maximum atomic E-state index is 5.72. The van der Waals surface area contributed by atoms with E-state index in [4.69, 9.17) is 10.7 Å². The van der Waals surface area contributed by atoms with Crippen molar-refractivity contribution in [3.05, 3.63) is 59.4 Å². The van der Waals surface area contributed by atoms with Gasteiger partial charge >= 0.3 is 0 Å². The first-order valence-electron chi connectivity index (χ1n) is 7.07. The number of nitrogens with zero attached hydrogens (tertiary/aromatic N) is 2. The van der Waals surface area contributed by atoms with Gasteiger partial charge in [-0.3, -0.25) is 0 Å². The third kappa shape index (κ3) is 1.53. The monoisotopic (exact) mass is 263 g/mol. The second kappa shape index (κ2) is 4.18. The van der Waals surface area contributed by atoms with E-state index in [2.05, 4.69) is 53.9 Å². The molecule has 1 aromatic carbocycles. The van der Waals surface area contributed by atoms with E-state index in [1.807, 2.05) is 0 Å². The van der Waals surface area contributed by atoms with Crippen LogP contribution >= 0.6 is 0 Å². The van der Waals surface area contributed by atoms with Crippen LogP contribution in [0.5, 0.6) is 0 Å². The van der Waals surface area contributed by atoms with Crippen LogP contribution in [0.2, 0.25) is 0 Å². The van der Waals surface area contributed by atoms with E-state index in [9.17, 15) is 0 Å². The lowest BCUT2D eigenvalue weighted by Gasteiger charge is -2.22. The van der Waals surface area contributed by atoms with Crippen LogP contribution in [-0.4, -0.2) is 9.38 Å². The molecule has 100 valence electrons. The van der Waals surface area contributed by atoms with Gasteiger partial charge in [-0.05, 0) is 35.6 Å². The number of benzene rings is 1. The van der Waals surface area contributed by atoms with E-state index in [0.29, 0.717) is 12.5 Å². The van der Waals surface area contributed by atoms with Gasteiger partial charge in [-0.2, -0.15) is 0 Å². The molecule has 0 fully saturated rings. The van der Waals surface area contributed by atoms with Gasteiger partial charge in [-0.1, -0.05) is 31.2 Å². The van der Waals surface area contributed by atoms with E-state index in [1.165, 1.54) is 16.8 Å². The molecule has 1 aliphatic rings. The fraction of sp³-hybridized carbons (Fsp3) is 0.235. The van der Waals surface area contributed by atoms with Gasteiger partial charge in [0.25, 0.3) is 0 Å². The minimum absolute atomic E-state index is 0.535. The van der Waals surface area contributed by atoms with Crippen molar-refractivity contribution in [2.45, 2.75) is 25.8 Å². The average molecular weight is 263 g/mol. The zero-order chi connectivity index (χ0) is 13.7. The molecule has 1 atom stereocenters. The fourth-order valence-corrected chi connectivity index (χ4v) is 3.22. The summed E-state index contributed by atoms with van der Waals surface area (Å²) in [5.74, 6) is 0.535. The van der Waals surface area contributed by atoms with Gasteiger partial charge in [0.2, 0.25) is 0 Å². The van der Waals surface area contributed by atoms with Crippen LogP contribution < -0.4 is 5.73 Å². The number of rotatable bonds is 1. The number of pyridine rings is 1. The van der Waals surface area contributed by atoms with Crippen LogP contribution in [0.3, 0.4) is 0 Å². The standard InChI is InChI=1S/C17H17N3/c1-11-8-15-17(14-5-3-2-4-13(11)14)19-16-9-12(10-18)6-7-20(15)16/h2-7,9,11H,8,10,18H2,1H3. The van der Waals surface area contributed by atoms with E-state index in [-0.39, 0.29) is 0 Å². The molecule has 3 heteroatoms. The molecule has 0 saturated heterocycles. The van der Waals surface area contributed by atoms with Gasteiger partial charge in [0, 0.05) is 18.3 Å². The Labute approximate surface area is 118 Å². The summed E-state index contributed by atoms with van der Waals surface area (Å²) in [5.41, 5.74) is 13.0. The van der Waals surface area contributed by atoms with Crippen molar-refractivity contribution in [2.24, 2.45) is 5.73 Å². The van der Waals surface area contributed by atoms with Gasteiger partial charge in [-0.15, -0.1) is 0 Å². The normalized spacial score (nSPS) is 17.0. The highest BCUT2D eigenvalue weighted by atomic mass is 15.0. The molecule has 0 spiro atoms. The van der Waals surface area contributed by atoms with Gasteiger partial charge in [0.15, 0.2) is 0 Å². The minimum atomic E-state index is 0.535. The molecule has 0 saturated carbocycles. The lowest BCUT2D eigenvalue weighted by atomic mass is 9.84. The quantitative estimate of drug-likeness (QED) is 0.733. The first kappa shape index (κ1) is 11.7. The predicted molar refractivity (Wildman–Crippen MR) is 80.6 cm³/mol. The number of hydrogen-bond donors (Lipinski definition) is 1. The smallest absolute Gasteiger partial charge is 0.137 e. The summed E-state index contributed by atoms with van der Waals surface area (Å²) in [5, 5.41) is 0. The number of fused-ring (bicyclic) bond motifs is 5. The van der Waals surface area contributed by atoms with Crippen LogP contribution in [0.4, 0.5) is 0 Å². The number of imidazole rings is 1. The van der Waals surface area contributed by atoms with Crippen molar-refractivity contribution < 1.29 is 0 Å². The Hall–Kier alpha value is -2.13. The van der Waals surface area contributed by atoms with Gasteiger partial charge in [-0.25, -0.2) is 4.98 Å². The third-order valence-corrected chi connectivity index (χ3v) is 4.27. The summed E-state index contributed by atoms with van der Waals surface area (Å²) in [6, 6.07) is 12.8. The van der Waals surface area contributed by atoms with E-state index >= 15 is 0 Å². The molecular formula is C17H17N3. The highest BCUT2D eigenvalue weighted by Gasteiger charge is 2.25. The second-order valence-electron chi connectivity index (χ2n) is 5.57. The Balaban J connectivity index is 2.02. The molecule has 2 aromatic heterocycles. The highest BCUT2D eigenvalue weighted by Crippen LogP contribution is 2.39. The maximum Gasteiger partial charge on any atom is 0.137 e. The molecule has 20 heavy (non-hydrogen) atoms. The number of nitrogens with two attached hydrogens (primary N) is 1. The molecule has 0 bridgehead atoms. The van der Waals surface area contributed by atoms with Crippen LogP contribution in [0.25, 0.3) is 16.9 Å². The summed E-state index contributed by atoms with van der Waals surface area (Å²) in [6.45, 7) is 2.84. The van der Waals surface area contributed by atoms with Gasteiger partial charge in [0.05, 0.1) is 11.4 Å². The zero-order valence-electron chi connectivity index (χ0n) is 11.5. The average Bonchev–Trinajstić information content (AvgIpc) is 2.85. The predicted octanol–water partition coefficient (Wildman–Crippen LogP) is 3.12. The van der Waals surface area contributed by atoms with Crippen LogP contribution in [0, 0.1) is 0 Å². The molecule has 4 rings (SSSR count). The second-order valence-corrected chi connectivity index (χ2v) is 5.57. The van der Waals surface area contributed by atoms with Crippen molar-refractivity contribution in [1.29, 1.82) is 0 Å². The Bertz CT molecular complexity index is 801. The molecule has 0 radical (unpaired) electrons. The maximum absolute atomic E-state index is 5.72. The fourth-order valence-electron chi connectivity index (χ4n) is 3.22. The molecule has 2 N–H and O–H groups in total. The summed E-state index contributed by atoms with van der Waals surface area (Å²) in [4.78, 5) is 4.85. The van der Waals surface area contributed by atoms with Crippen LogP contribution in [-0.2, 0) is 13.0 Å². The minimum Gasteiger partial charge on any atom is -0.326 e. The largest absolute Gasteiger partial charge is 0.326 e. The Morgan fingerprint density at radius 2 is 2.15 bits per heavy atom. The molecule has 0 aliphatic heterocycles. The topological polar surface area (TPSA) is 43.3 Å². The first-order valence-corrected chi connectivity index (χ1v) is 7.07. The lowest BCUT2D eigenvalue weighted by molar-refractivity contribution is 0.724. The van der Waals surface area contributed by atoms with Crippen molar-refractivity contribution in [3.63, 3.8) is 0 Å². The number of hydrogen-bond acceptors (Lipinski definition) is 2. The van der Waals surface area contributed by atoms with E-state index < -0.39 is 0 Å². The Morgan fingerprint density at radius 1 is 1.30 bits per heavy atom. The molecule has 2 heterocycles. The van der Waals surface area contributed by atoms with E-state index in [0.717, 1.165) is 23.3 Å². The van der Waals surface area contributed by atoms with E-state index in [1.54, 1.807) is 0 Å². The van der Waals surface area contributed by atoms with Gasteiger partial charge < -0.3 is 10.1 Å². The molecular weight excluding hydrogens is 246 g/mol. The molecule has 3 aromatic rings. The summed E-state index contributed by atoms with van der Waals surface area (Å²) in [6.07, 6.45) is 3.14. The Kier molecular flexibility index (Phi) is 2.44. The molecule has 1 aliphatic carbocycles. The first-order chi connectivity index (χ1) is 9.78. The highest BCUT2D eigenvalue weighted by molar-refractivity contribution is 5.73.